The third-order valence-electron chi connectivity index (χ3n) is 2.58. The van der Waals surface area contributed by atoms with Gasteiger partial charge >= 0.3 is 0 Å². The summed E-state index contributed by atoms with van der Waals surface area (Å²) in [5, 5.41) is 0. The fraction of sp³-hybridized carbons (Fsp3) is 0.0714. The lowest BCUT2D eigenvalue weighted by molar-refractivity contribution is 0.101. The van der Waals surface area contributed by atoms with Gasteiger partial charge in [0.1, 0.15) is 4.64 Å². The van der Waals surface area contributed by atoms with Crippen molar-refractivity contribution in [3.63, 3.8) is 0 Å². The Bertz CT molecular complexity index is 659. The van der Waals surface area contributed by atoms with Crippen LogP contribution in [-0.2, 0) is 0 Å². The number of rotatable bonds is 3. The molecule has 1 aromatic carbocycles. The van der Waals surface area contributed by atoms with Gasteiger partial charge in [-0.3, -0.25) is 9.59 Å². The second kappa shape index (κ2) is 5.06. The topological polar surface area (TPSA) is 49.9 Å². The molecule has 1 heterocycles. The zero-order chi connectivity index (χ0) is 13.1. The molecule has 2 aromatic rings. The van der Waals surface area contributed by atoms with E-state index in [9.17, 15) is 9.59 Å². The van der Waals surface area contributed by atoms with Gasteiger partial charge in [-0.15, -0.1) is 0 Å². The van der Waals surface area contributed by atoms with Crippen LogP contribution in [0.4, 0.5) is 0 Å². The first kappa shape index (κ1) is 12.4. The molecule has 0 saturated heterocycles. The third kappa shape index (κ3) is 2.43. The molecule has 0 amide bonds. The summed E-state index contributed by atoms with van der Waals surface area (Å²) < 4.78 is 0.354. The zero-order valence-electron chi connectivity index (χ0n) is 9.77. The summed E-state index contributed by atoms with van der Waals surface area (Å²) in [6.07, 6.45) is 1.53. The molecule has 4 heteroatoms. The summed E-state index contributed by atoms with van der Waals surface area (Å²) in [6, 6.07) is 10.4. The average molecular weight is 257 g/mol. The van der Waals surface area contributed by atoms with E-state index in [4.69, 9.17) is 12.2 Å². The molecule has 0 unspecified atom stereocenters. The second-order valence-corrected chi connectivity index (χ2v) is 4.29. The van der Waals surface area contributed by atoms with Crippen LogP contribution < -0.4 is 0 Å². The number of carbonyl (C=O) groups is 2. The Morgan fingerprint density at radius 3 is 2.39 bits per heavy atom. The van der Waals surface area contributed by atoms with Gasteiger partial charge in [-0.2, -0.15) is 0 Å². The molecular weight excluding hydrogens is 246 g/mol. The van der Waals surface area contributed by atoms with E-state index in [0.717, 1.165) is 0 Å². The average Bonchev–Trinajstić information content (AvgIpc) is 2.39. The highest BCUT2D eigenvalue weighted by Gasteiger charge is 2.11. The van der Waals surface area contributed by atoms with Crippen LogP contribution in [0.1, 0.15) is 33.2 Å². The monoisotopic (exact) mass is 257 g/mol. The van der Waals surface area contributed by atoms with E-state index < -0.39 is 0 Å². The van der Waals surface area contributed by atoms with Gasteiger partial charge in [0.25, 0.3) is 0 Å². The Labute approximate surface area is 109 Å². The van der Waals surface area contributed by atoms with E-state index in [2.05, 4.69) is 4.98 Å². The molecule has 0 atom stereocenters. The van der Waals surface area contributed by atoms with Crippen molar-refractivity contribution in [1.29, 1.82) is 0 Å². The molecule has 90 valence electrons. The molecule has 0 bridgehead atoms. The molecule has 2 rings (SSSR count). The molecule has 0 fully saturated rings. The molecule has 1 aromatic heterocycles. The molecule has 3 nitrogen and oxygen atoms in total. The maximum Gasteiger partial charge on any atom is 0.194 e. The summed E-state index contributed by atoms with van der Waals surface area (Å²) in [6.45, 7) is 1.43. The number of aromatic amines is 1. The normalized spacial score (nSPS) is 10.1. The highest BCUT2D eigenvalue weighted by atomic mass is 32.1. The molecule has 0 aliphatic rings. The van der Waals surface area contributed by atoms with Gasteiger partial charge in [-0.25, -0.2) is 0 Å². The summed E-state index contributed by atoms with van der Waals surface area (Å²) in [5.41, 5.74) is 1.38. The number of hydrogen-bond acceptors (Lipinski definition) is 3. The third-order valence-corrected chi connectivity index (χ3v) is 2.92. The fourth-order valence-electron chi connectivity index (χ4n) is 1.63. The smallest absolute Gasteiger partial charge is 0.194 e. The number of aromatic nitrogens is 1. The molecule has 1 N–H and O–H groups in total. The van der Waals surface area contributed by atoms with Gasteiger partial charge in [0, 0.05) is 17.3 Å². The van der Waals surface area contributed by atoms with Crippen molar-refractivity contribution in [3.05, 3.63) is 63.9 Å². The largest absolute Gasteiger partial charge is 0.352 e. The van der Waals surface area contributed by atoms with E-state index in [1.807, 2.05) is 6.07 Å². The van der Waals surface area contributed by atoms with Crippen LogP contribution >= 0.6 is 12.2 Å². The Kier molecular flexibility index (Phi) is 3.48. The van der Waals surface area contributed by atoms with Crippen molar-refractivity contribution in [1.82, 2.24) is 4.98 Å². The number of Topliss-reactive ketones (excluding diaryl/α,β-unsaturated/α-hetero) is 1. The summed E-state index contributed by atoms with van der Waals surface area (Å²) in [5.74, 6) is -0.289. The molecule has 0 aliphatic heterocycles. The molecule has 0 saturated carbocycles. The van der Waals surface area contributed by atoms with Crippen LogP contribution in [0.2, 0.25) is 0 Å². The molecule has 0 aliphatic carbocycles. The number of hydrogen-bond donors (Lipinski definition) is 1. The Morgan fingerprint density at radius 2 is 1.78 bits per heavy atom. The van der Waals surface area contributed by atoms with Crippen molar-refractivity contribution in [2.45, 2.75) is 6.92 Å². The molecule has 0 radical (unpaired) electrons. The lowest BCUT2D eigenvalue weighted by Gasteiger charge is -2.03. The highest BCUT2D eigenvalue weighted by molar-refractivity contribution is 7.71. The van der Waals surface area contributed by atoms with Crippen LogP contribution in [-0.4, -0.2) is 16.6 Å². The summed E-state index contributed by atoms with van der Waals surface area (Å²) in [4.78, 5) is 26.3. The Balaban J connectivity index is 2.47. The van der Waals surface area contributed by atoms with Gasteiger partial charge in [-0.05, 0) is 13.0 Å². The molecule has 18 heavy (non-hydrogen) atoms. The second-order valence-electron chi connectivity index (χ2n) is 3.88. The SMILES string of the molecule is CC(=O)c1cc(C(=O)c2ccccc2)c[nH]c1=S. The first-order valence-electron chi connectivity index (χ1n) is 5.43. The lowest BCUT2D eigenvalue weighted by Crippen LogP contribution is -2.05. The molecular formula is C14H11NO2S. The number of H-pyrrole nitrogens is 1. The Morgan fingerprint density at radius 1 is 1.11 bits per heavy atom. The van der Waals surface area contributed by atoms with Crippen molar-refractivity contribution < 1.29 is 9.59 Å². The van der Waals surface area contributed by atoms with Crippen LogP contribution in [0.3, 0.4) is 0 Å². The predicted molar refractivity (Wildman–Crippen MR) is 71.5 cm³/mol. The van der Waals surface area contributed by atoms with Crippen molar-refractivity contribution in [2.75, 3.05) is 0 Å². The van der Waals surface area contributed by atoms with Gasteiger partial charge in [0.15, 0.2) is 11.6 Å². The van der Waals surface area contributed by atoms with Crippen molar-refractivity contribution in [3.8, 4) is 0 Å². The fourth-order valence-corrected chi connectivity index (χ4v) is 1.89. The van der Waals surface area contributed by atoms with E-state index in [-0.39, 0.29) is 11.6 Å². The van der Waals surface area contributed by atoms with Gasteiger partial charge in [0.05, 0.1) is 5.56 Å². The van der Waals surface area contributed by atoms with Gasteiger partial charge in [-0.1, -0.05) is 42.5 Å². The molecule has 0 spiro atoms. The van der Waals surface area contributed by atoms with Crippen LogP contribution in [0.15, 0.2) is 42.6 Å². The van der Waals surface area contributed by atoms with E-state index in [1.54, 1.807) is 24.3 Å². The van der Waals surface area contributed by atoms with E-state index in [0.29, 0.717) is 21.3 Å². The van der Waals surface area contributed by atoms with Crippen LogP contribution in [0.5, 0.6) is 0 Å². The summed E-state index contributed by atoms with van der Waals surface area (Å²) >= 11 is 5.00. The number of carbonyl (C=O) groups excluding carboxylic acids is 2. The first-order chi connectivity index (χ1) is 8.59. The predicted octanol–water partition coefficient (Wildman–Crippen LogP) is 3.18. The van der Waals surface area contributed by atoms with Crippen LogP contribution in [0.25, 0.3) is 0 Å². The minimum absolute atomic E-state index is 0.135. The maximum atomic E-state index is 12.2. The van der Waals surface area contributed by atoms with Gasteiger partial charge in [0.2, 0.25) is 0 Å². The number of pyridine rings is 1. The lowest BCUT2D eigenvalue weighted by atomic mass is 10.0. The highest BCUT2D eigenvalue weighted by Crippen LogP contribution is 2.11. The number of benzene rings is 1. The zero-order valence-corrected chi connectivity index (χ0v) is 10.6. The summed E-state index contributed by atoms with van der Waals surface area (Å²) in [7, 11) is 0. The van der Waals surface area contributed by atoms with Gasteiger partial charge < -0.3 is 4.98 Å². The first-order valence-corrected chi connectivity index (χ1v) is 5.84. The quantitative estimate of drug-likeness (QED) is 0.678. The van der Waals surface area contributed by atoms with E-state index in [1.165, 1.54) is 19.2 Å². The maximum absolute atomic E-state index is 12.2. The number of nitrogens with one attached hydrogen (secondary N) is 1. The minimum Gasteiger partial charge on any atom is -0.352 e. The van der Waals surface area contributed by atoms with Crippen molar-refractivity contribution in [2.24, 2.45) is 0 Å². The standard InChI is InChI=1S/C14H11NO2S/c1-9(16)12-7-11(8-15-14(12)18)13(17)10-5-3-2-4-6-10/h2-8H,1H3,(H,15,18). The van der Waals surface area contributed by atoms with Crippen LogP contribution in [0, 0.1) is 4.64 Å². The Hall–Kier alpha value is -2.07. The van der Waals surface area contributed by atoms with E-state index >= 15 is 0 Å². The van der Waals surface area contributed by atoms with Crippen molar-refractivity contribution >= 4 is 23.8 Å². The number of ketones is 2. The minimum atomic E-state index is -0.154.